The van der Waals surface area contributed by atoms with Crippen LogP contribution in [0.5, 0.6) is 0 Å². The van der Waals surface area contributed by atoms with Crippen LogP contribution in [0.1, 0.15) is 40.0 Å². The van der Waals surface area contributed by atoms with Gasteiger partial charge in [0.05, 0.1) is 12.3 Å². The second-order valence-electron chi connectivity index (χ2n) is 6.24. The maximum Gasteiger partial charge on any atom is 0.250 e. The van der Waals surface area contributed by atoms with Crippen LogP contribution in [-0.2, 0) is 14.8 Å². The van der Waals surface area contributed by atoms with Crippen LogP contribution in [-0.4, -0.2) is 44.6 Å². The van der Waals surface area contributed by atoms with Crippen molar-refractivity contribution in [1.82, 2.24) is 9.62 Å². The Bertz CT molecular complexity index is 398. The Morgan fingerprint density at radius 2 is 2.00 bits per heavy atom. The lowest BCUT2D eigenvalue weighted by atomic mass is 9.92. The predicted molar refractivity (Wildman–Crippen MR) is 71.7 cm³/mol. The minimum atomic E-state index is -3.45. The van der Waals surface area contributed by atoms with Crippen molar-refractivity contribution < 1.29 is 13.2 Å². The predicted octanol–water partition coefficient (Wildman–Crippen LogP) is 0.963. The molecule has 106 valence electrons. The number of likely N-dealkylation sites (tertiary alicyclic amines) is 1. The second-order valence-corrected chi connectivity index (χ2v) is 7.99. The van der Waals surface area contributed by atoms with Crippen LogP contribution in [0.25, 0.3) is 0 Å². The van der Waals surface area contributed by atoms with E-state index in [0.29, 0.717) is 0 Å². The Hall–Kier alpha value is -0.620. The van der Waals surface area contributed by atoms with E-state index in [-0.39, 0.29) is 17.4 Å². The molecule has 0 aromatic rings. The first-order chi connectivity index (χ1) is 8.08. The molecule has 1 fully saturated rings. The first-order valence-corrected chi connectivity index (χ1v) is 8.23. The summed E-state index contributed by atoms with van der Waals surface area (Å²) in [4.78, 5) is 14.0. The van der Waals surface area contributed by atoms with E-state index in [1.165, 1.54) is 0 Å². The van der Waals surface area contributed by atoms with Crippen LogP contribution in [0.4, 0.5) is 0 Å². The van der Waals surface area contributed by atoms with Gasteiger partial charge < -0.3 is 0 Å². The molecule has 6 heteroatoms. The van der Waals surface area contributed by atoms with E-state index in [1.807, 2.05) is 0 Å². The summed E-state index contributed by atoms with van der Waals surface area (Å²) in [5.41, 5.74) is 0.223. The molecule has 1 atom stereocenters. The Kier molecular flexibility index (Phi) is 4.78. The van der Waals surface area contributed by atoms with Crippen molar-refractivity contribution in [3.63, 3.8) is 0 Å². The van der Waals surface area contributed by atoms with Gasteiger partial charge in [0.15, 0.2) is 0 Å². The van der Waals surface area contributed by atoms with Crippen molar-refractivity contribution in [2.75, 3.05) is 19.3 Å². The zero-order valence-electron chi connectivity index (χ0n) is 11.7. The van der Waals surface area contributed by atoms with Gasteiger partial charge in [0, 0.05) is 0 Å². The van der Waals surface area contributed by atoms with Crippen molar-refractivity contribution in [3.05, 3.63) is 0 Å². The van der Waals surface area contributed by atoms with Gasteiger partial charge in [-0.25, -0.2) is 8.42 Å². The summed E-state index contributed by atoms with van der Waals surface area (Å²) >= 11 is 0. The number of hydrogen-bond acceptors (Lipinski definition) is 4. The van der Waals surface area contributed by atoms with Crippen LogP contribution < -0.4 is 4.72 Å². The molecule has 5 nitrogen and oxygen atoms in total. The topological polar surface area (TPSA) is 66.5 Å². The van der Waals surface area contributed by atoms with Crippen molar-refractivity contribution in [1.29, 1.82) is 0 Å². The van der Waals surface area contributed by atoms with Gasteiger partial charge in [-0.15, -0.1) is 0 Å². The number of sulfonamides is 1. The summed E-state index contributed by atoms with van der Waals surface area (Å²) < 4.78 is 24.2. The van der Waals surface area contributed by atoms with Gasteiger partial charge in [0.25, 0.3) is 5.91 Å². The minimum Gasteiger partial charge on any atom is -0.292 e. The Balaban J connectivity index is 2.57. The van der Waals surface area contributed by atoms with Crippen LogP contribution in [0.3, 0.4) is 0 Å². The lowest BCUT2D eigenvalue weighted by Gasteiger charge is -2.27. The van der Waals surface area contributed by atoms with Gasteiger partial charge in [0.1, 0.15) is 0 Å². The number of hydrogen-bond donors (Lipinski definition) is 1. The Morgan fingerprint density at radius 3 is 2.50 bits per heavy atom. The van der Waals surface area contributed by atoms with Gasteiger partial charge in [-0.3, -0.25) is 14.4 Å². The highest BCUT2D eigenvalue weighted by atomic mass is 32.2. The summed E-state index contributed by atoms with van der Waals surface area (Å²) in [5, 5.41) is 0. The van der Waals surface area contributed by atoms with E-state index in [0.717, 1.165) is 38.6 Å². The van der Waals surface area contributed by atoms with Crippen LogP contribution >= 0.6 is 0 Å². The molecule has 18 heavy (non-hydrogen) atoms. The van der Waals surface area contributed by atoms with Gasteiger partial charge in [-0.05, 0) is 37.8 Å². The van der Waals surface area contributed by atoms with Gasteiger partial charge in [0.2, 0.25) is 10.0 Å². The number of nitrogens with zero attached hydrogens (tertiary/aromatic N) is 1. The van der Waals surface area contributed by atoms with Crippen molar-refractivity contribution in [2.24, 2.45) is 5.41 Å². The third-order valence-electron chi connectivity index (χ3n) is 3.10. The molecule has 0 saturated carbocycles. The molecule has 1 aliphatic rings. The van der Waals surface area contributed by atoms with Gasteiger partial charge in [-0.1, -0.05) is 20.8 Å². The standard InChI is InChI=1S/C12H24N2O3S/c1-12(2,3)7-9-14-8-5-6-10(14)11(15)13-18(4,16)17/h10H,5-9H2,1-4H3,(H,13,15)/t10-/m0/s1. The zero-order valence-corrected chi connectivity index (χ0v) is 12.5. The lowest BCUT2D eigenvalue weighted by Crippen LogP contribution is -2.45. The lowest BCUT2D eigenvalue weighted by molar-refractivity contribution is -0.123. The molecule has 1 amide bonds. The third-order valence-corrected chi connectivity index (χ3v) is 3.67. The van der Waals surface area contributed by atoms with Crippen molar-refractivity contribution >= 4 is 15.9 Å². The highest BCUT2D eigenvalue weighted by molar-refractivity contribution is 7.89. The van der Waals surface area contributed by atoms with E-state index >= 15 is 0 Å². The molecule has 0 aromatic heterocycles. The third kappa shape index (κ3) is 5.35. The van der Waals surface area contributed by atoms with Crippen molar-refractivity contribution in [3.8, 4) is 0 Å². The quantitative estimate of drug-likeness (QED) is 0.830. The second kappa shape index (κ2) is 5.57. The van der Waals surface area contributed by atoms with E-state index < -0.39 is 10.0 Å². The molecule has 0 radical (unpaired) electrons. The van der Waals surface area contributed by atoms with Crippen molar-refractivity contribution in [2.45, 2.75) is 46.1 Å². The summed E-state index contributed by atoms with van der Waals surface area (Å²) in [6.07, 6.45) is 3.70. The largest absolute Gasteiger partial charge is 0.292 e. The van der Waals surface area contributed by atoms with Gasteiger partial charge in [-0.2, -0.15) is 0 Å². The highest BCUT2D eigenvalue weighted by Gasteiger charge is 2.32. The smallest absolute Gasteiger partial charge is 0.250 e. The van der Waals surface area contributed by atoms with Crippen LogP contribution in [0.2, 0.25) is 0 Å². The average Bonchev–Trinajstić information content (AvgIpc) is 2.58. The van der Waals surface area contributed by atoms with Crippen LogP contribution in [0.15, 0.2) is 0 Å². The van der Waals surface area contributed by atoms with Gasteiger partial charge >= 0.3 is 0 Å². The van der Waals surface area contributed by atoms with Crippen LogP contribution in [0, 0.1) is 5.41 Å². The monoisotopic (exact) mass is 276 g/mol. The Morgan fingerprint density at radius 1 is 1.39 bits per heavy atom. The summed E-state index contributed by atoms with van der Waals surface area (Å²) in [6.45, 7) is 8.20. The zero-order chi connectivity index (χ0) is 14.0. The summed E-state index contributed by atoms with van der Waals surface area (Å²) in [7, 11) is -3.45. The minimum absolute atomic E-state index is 0.223. The molecule has 1 N–H and O–H groups in total. The molecule has 0 bridgehead atoms. The highest BCUT2D eigenvalue weighted by Crippen LogP contribution is 2.23. The first-order valence-electron chi connectivity index (χ1n) is 6.34. The maximum absolute atomic E-state index is 11.9. The van der Waals surface area contributed by atoms with E-state index in [9.17, 15) is 13.2 Å². The molecule has 1 saturated heterocycles. The number of carbonyl (C=O) groups excluding carboxylic acids is 1. The molecule has 1 heterocycles. The fourth-order valence-electron chi connectivity index (χ4n) is 2.12. The number of amides is 1. The molecular weight excluding hydrogens is 252 g/mol. The number of nitrogens with one attached hydrogen (secondary N) is 1. The molecule has 0 aromatic carbocycles. The SMILES string of the molecule is CC(C)(C)CCN1CCC[C@H]1C(=O)NS(C)(=O)=O. The average molecular weight is 276 g/mol. The maximum atomic E-state index is 11.9. The van der Waals surface area contributed by atoms with E-state index in [4.69, 9.17) is 0 Å². The normalized spacial score (nSPS) is 22.1. The summed E-state index contributed by atoms with van der Waals surface area (Å²) in [6, 6.07) is -0.290. The summed E-state index contributed by atoms with van der Waals surface area (Å²) in [5.74, 6) is -0.385. The first kappa shape index (κ1) is 15.4. The molecule has 0 unspecified atom stereocenters. The molecule has 0 aliphatic carbocycles. The molecule has 1 rings (SSSR count). The fourth-order valence-corrected chi connectivity index (χ4v) is 2.62. The van der Waals surface area contributed by atoms with E-state index in [2.05, 4.69) is 30.4 Å². The Labute approximate surface area is 110 Å². The van der Waals surface area contributed by atoms with E-state index in [1.54, 1.807) is 0 Å². The molecule has 1 aliphatic heterocycles. The molecular formula is C12H24N2O3S. The molecule has 0 spiro atoms. The number of carbonyl (C=O) groups is 1. The number of rotatable bonds is 4. The fraction of sp³-hybridized carbons (Fsp3) is 0.917.